The first-order valence-corrected chi connectivity index (χ1v) is 31.1. The fourth-order valence-electron chi connectivity index (χ4n) is 7.97. The van der Waals surface area contributed by atoms with E-state index in [1.165, 1.54) is 29.8 Å². The van der Waals surface area contributed by atoms with Crippen molar-refractivity contribution in [1.82, 2.24) is 36.4 Å². The molecule has 5 aromatic rings. The zero-order valence-corrected chi connectivity index (χ0v) is 55.3. The Kier molecular flexibility index (Phi) is 41.2. The van der Waals surface area contributed by atoms with Gasteiger partial charge in [-0.1, -0.05) is 47.6 Å². The summed E-state index contributed by atoms with van der Waals surface area (Å²) in [6.07, 6.45) is 9.97. The number of nitrogens with zero attached hydrogens (tertiary/aromatic N) is 5. The van der Waals surface area contributed by atoms with Crippen molar-refractivity contribution in [3.05, 3.63) is 126 Å². The molecular weight excluding hydrogens is 1280 g/mol. The topological polar surface area (TPSA) is 544 Å². The molecule has 0 spiro atoms. The van der Waals surface area contributed by atoms with Crippen molar-refractivity contribution in [1.29, 1.82) is 0 Å². The number of aliphatic carboxylic acids is 3. The van der Waals surface area contributed by atoms with Gasteiger partial charge in [-0.2, -0.15) is 11.1 Å². The molecule has 29 N–H and O–H groups in total. The maximum atomic E-state index is 14.5. The minimum atomic E-state index is -1.08. The minimum Gasteiger partial charge on any atom is -0.490 e. The van der Waals surface area contributed by atoms with E-state index in [-0.39, 0.29) is 55.0 Å². The fraction of sp³-hybridized carbons (Fsp3) is 0.413. The van der Waals surface area contributed by atoms with Gasteiger partial charge in [-0.15, -0.1) is 5.10 Å². The number of hydrogen-bond acceptors (Lipinski definition) is 16. The number of carbonyl (C=O) groups is 4. The number of anilines is 1. The van der Waals surface area contributed by atoms with E-state index in [1.807, 2.05) is 48.8 Å². The van der Waals surface area contributed by atoms with E-state index in [9.17, 15) is 36.7 Å². The Morgan fingerprint density at radius 2 is 1.21 bits per heavy atom. The zero-order chi connectivity index (χ0) is 72.8. The molecule has 3 unspecified atom stereocenters. The number of tetrazole rings is 1. The second kappa shape index (κ2) is 48.2. The van der Waals surface area contributed by atoms with Crippen molar-refractivity contribution in [3.8, 4) is 34.0 Å². The summed E-state index contributed by atoms with van der Waals surface area (Å²) in [6, 6.07) is 21.2. The van der Waals surface area contributed by atoms with Crippen LogP contribution in [-0.2, 0) is 25.7 Å². The monoisotopic (exact) mass is 1380 g/mol. The number of hydrazine groups is 1. The summed E-state index contributed by atoms with van der Waals surface area (Å²) >= 11 is 0. The Morgan fingerprint density at radius 1 is 0.673 bits per heavy atom. The van der Waals surface area contributed by atoms with E-state index in [0.717, 1.165) is 69.2 Å². The molecule has 2 aromatic heterocycles. The average Bonchev–Trinajstić information content (AvgIpc) is 0.923. The third-order valence-electron chi connectivity index (χ3n) is 13.3. The summed E-state index contributed by atoms with van der Waals surface area (Å²) in [4.78, 5) is 58.2. The van der Waals surface area contributed by atoms with Gasteiger partial charge in [0, 0.05) is 49.6 Å². The van der Waals surface area contributed by atoms with Crippen molar-refractivity contribution < 1.29 is 86.1 Å². The number of aromatic amines is 1. The van der Waals surface area contributed by atoms with Crippen LogP contribution in [0.3, 0.4) is 0 Å². The van der Waals surface area contributed by atoms with Gasteiger partial charge in [-0.05, 0) is 117 Å². The largest absolute Gasteiger partial charge is 0.490 e. The van der Waals surface area contributed by atoms with Gasteiger partial charge in [0.05, 0.1) is 24.8 Å². The van der Waals surface area contributed by atoms with E-state index in [0.29, 0.717) is 86.0 Å². The Hall–Kier alpha value is -10.5. The average molecular weight is 1380 g/mol. The van der Waals surface area contributed by atoms with E-state index in [1.54, 1.807) is 32.9 Å². The smallest absolute Gasteiger partial charge is 0.358 e. The zero-order valence-electron chi connectivity index (χ0n) is 55.3. The van der Waals surface area contributed by atoms with Gasteiger partial charge in [-0.3, -0.25) is 77.3 Å². The number of allylic oxidation sites excluding steroid dienone is 2. The number of nitrogens with one attached hydrogen (secondary N) is 8. The number of carbonyl (C=O) groups excluding carboxylic acids is 1. The summed E-state index contributed by atoms with van der Waals surface area (Å²) in [7, 11) is 0. The molecule has 0 fully saturated rings. The van der Waals surface area contributed by atoms with Crippen molar-refractivity contribution >= 4 is 59.6 Å². The third kappa shape index (κ3) is 38.2. The van der Waals surface area contributed by atoms with Gasteiger partial charge in [0.1, 0.15) is 93.1 Å². The van der Waals surface area contributed by atoms with Crippen LogP contribution < -0.4 is 97.2 Å². The number of H-pyrrole nitrogens is 1. The minimum absolute atomic E-state index is 0.0185. The predicted octanol–water partition coefficient (Wildman–Crippen LogP) is -4.20. The Labute approximate surface area is 565 Å². The van der Waals surface area contributed by atoms with Crippen LogP contribution in [0.4, 0.5) is 23.5 Å². The Balaban J connectivity index is 0.000000450. The van der Waals surface area contributed by atoms with Crippen LogP contribution in [0.5, 0.6) is 11.6 Å². The second-order valence-electron chi connectivity index (χ2n) is 21.7. The number of unbranched alkanes of at least 4 members (excludes halogenated alkanes) is 2. The van der Waals surface area contributed by atoms with E-state index < -0.39 is 53.7 Å². The van der Waals surface area contributed by atoms with Gasteiger partial charge in [0.15, 0.2) is 0 Å². The van der Waals surface area contributed by atoms with Gasteiger partial charge in [0.25, 0.3) is 5.95 Å². The molecule has 1 amide bonds. The maximum Gasteiger partial charge on any atom is 0.358 e. The number of rotatable bonds is 34. The van der Waals surface area contributed by atoms with Crippen LogP contribution in [0, 0.1) is 11.6 Å². The normalized spacial score (nSPS) is 13.7. The molecule has 0 saturated carbocycles. The highest BCUT2D eigenvalue weighted by atomic mass is 19.1. The van der Waals surface area contributed by atoms with Crippen molar-refractivity contribution in [2.45, 2.75) is 116 Å². The number of aromatic nitrogens is 5. The first-order valence-electron chi connectivity index (χ1n) is 31.1. The van der Waals surface area contributed by atoms with Crippen LogP contribution in [0.2, 0.25) is 0 Å². The van der Waals surface area contributed by atoms with Crippen LogP contribution in [0.15, 0.2) is 109 Å². The number of carboxylic acid groups (broad SMARTS) is 3. The van der Waals surface area contributed by atoms with Crippen molar-refractivity contribution in [2.24, 2.45) is 51.7 Å². The lowest BCUT2D eigenvalue weighted by atomic mass is 9.99. The van der Waals surface area contributed by atoms with E-state index in [4.69, 9.17) is 76.5 Å². The molecular formula is C63H97F4N22O9+5. The molecule has 1 aliphatic heterocycles. The molecule has 536 valence electrons. The SMILES string of the molecule is CC(N)=[NH+]C/C(F)=C/CCC(N)C(=O)O.CC(N)=[NH+]C/C(F)=C\CCC(N)C(=O)O.CC(N)=[NH+]CCCC[C@H](N)C(=O)Nc1nn[nH]n1.Fc1ccc(-c2ccc(OCCOc3ccc(C[N+]4=CNCC4)cc3)nc2-c2ccccc2)c(F)c1.NNC(N)=[NH+]CCCCC(N)C(=O)O. The molecule has 6 rings (SSSR count). The number of benzene rings is 3. The van der Waals surface area contributed by atoms with Crippen LogP contribution in [-0.4, -0.2) is 176 Å². The summed E-state index contributed by atoms with van der Waals surface area (Å²) in [5, 5.41) is 43.8. The standard InChI is InChI=1S/C29H25F2N3O2.2C9H16FN3O2.C9H18N8O.C7H17N5O2/c30-23-8-11-25(27(31)18-23)26-12-13-28(33-29(26)22-4-2-1-3-5-22)36-17-16-35-24-9-6-21(7-10-24)19-34-15-14-32-20-34;2*1-6(11)13-5-7(10)3-2-4-8(12)9(14)15;1-6(10)12-5-3-2-4-7(11)8(18)13-9-14-16-17-15-9;8-5(6(13)14)3-1-2-4-11-7(9)12-10/h1-13,18,20H,14-17,19H2;2*3,8H,2,4-5,12H2,1H3,(H2,11,13)(H,14,15);7H,2-5,11H2,1H3,(H2,10,12)(H2,13,14,15,16,17,18);5H,1-4,8,10H2,(H,13,14)(H3,9,11,12)/p+5/b;7-3+;7-3-;;/t;;;7-;/m...0./s1. The summed E-state index contributed by atoms with van der Waals surface area (Å²) < 4.78 is 67.8. The molecule has 0 aliphatic carbocycles. The fourth-order valence-corrected chi connectivity index (χ4v) is 7.97. The summed E-state index contributed by atoms with van der Waals surface area (Å²) in [5.41, 5.74) is 48.5. The molecule has 4 atom stereocenters. The number of nitrogens with two attached hydrogens (primary N) is 9. The number of halogens is 4. The molecule has 0 saturated heterocycles. The quantitative estimate of drug-likeness (QED) is 0.00353. The number of ether oxygens (including phenoxy) is 2. The Morgan fingerprint density at radius 3 is 1.72 bits per heavy atom. The van der Waals surface area contributed by atoms with E-state index in [2.05, 4.69) is 78.3 Å². The van der Waals surface area contributed by atoms with E-state index >= 15 is 0 Å². The molecule has 1 aliphatic rings. The number of hydrogen-bond donors (Lipinski definition) is 20. The summed E-state index contributed by atoms with van der Waals surface area (Å²) in [5.74, 6) is 2.70. The van der Waals surface area contributed by atoms with Crippen LogP contribution >= 0.6 is 0 Å². The first-order chi connectivity index (χ1) is 46.7. The number of carboxylic acids is 3. The van der Waals surface area contributed by atoms with Gasteiger partial charge in [-0.25, -0.2) is 28.0 Å². The lowest BCUT2D eigenvalue weighted by Gasteiger charge is -2.13. The van der Waals surface area contributed by atoms with Gasteiger partial charge < -0.3 is 47.7 Å². The first kappa shape index (κ1) is 83.6. The number of amides is 1. The number of pyridine rings is 1. The molecule has 0 bridgehead atoms. The highest BCUT2D eigenvalue weighted by Crippen LogP contribution is 2.34. The Bertz CT molecular complexity index is 3350. The molecule has 98 heavy (non-hydrogen) atoms. The van der Waals surface area contributed by atoms with Crippen LogP contribution in [0.1, 0.15) is 90.5 Å². The number of amidine groups is 3. The molecule has 3 aromatic carbocycles. The predicted molar refractivity (Wildman–Crippen MR) is 362 cm³/mol. The molecule has 0 radical (unpaired) electrons. The number of guanidine groups is 1. The second-order valence-corrected chi connectivity index (χ2v) is 21.7. The maximum absolute atomic E-state index is 14.5. The third-order valence-corrected chi connectivity index (χ3v) is 13.3. The molecule has 35 heteroatoms. The van der Waals surface area contributed by atoms with Crippen molar-refractivity contribution in [3.63, 3.8) is 0 Å². The molecule has 31 nitrogen and oxygen atoms in total. The van der Waals surface area contributed by atoms with Crippen molar-refractivity contribution in [2.75, 3.05) is 57.8 Å². The van der Waals surface area contributed by atoms with Crippen LogP contribution in [0.25, 0.3) is 22.4 Å². The lowest BCUT2D eigenvalue weighted by molar-refractivity contribution is -0.530. The van der Waals surface area contributed by atoms with Gasteiger partial charge >= 0.3 is 23.9 Å². The highest BCUT2D eigenvalue weighted by Gasteiger charge is 2.18. The molecule has 3 heterocycles. The highest BCUT2D eigenvalue weighted by molar-refractivity contribution is 5.93. The lowest BCUT2D eigenvalue weighted by Crippen LogP contribution is -2.79. The summed E-state index contributed by atoms with van der Waals surface area (Å²) in [6.45, 7) is 9.99. The van der Waals surface area contributed by atoms with Gasteiger partial charge in [0.2, 0.25) is 35.6 Å².